The Morgan fingerprint density at radius 1 is 1.47 bits per heavy atom. The molecule has 0 amide bonds. The van der Waals surface area contributed by atoms with E-state index < -0.39 is 0 Å². The molecular formula is C12H17ClN2. The first-order valence-corrected chi connectivity index (χ1v) is 5.76. The highest BCUT2D eigenvalue weighted by Gasteiger charge is 2.30. The molecular weight excluding hydrogens is 208 g/mol. The average molecular weight is 225 g/mol. The minimum absolute atomic E-state index is 0.342. The maximum atomic E-state index is 5.86. The van der Waals surface area contributed by atoms with Crippen molar-refractivity contribution in [1.82, 2.24) is 5.32 Å². The highest BCUT2D eigenvalue weighted by Crippen LogP contribution is 2.31. The van der Waals surface area contributed by atoms with E-state index in [9.17, 15) is 0 Å². The lowest BCUT2D eigenvalue weighted by Gasteiger charge is -2.39. The largest absolute Gasteiger partial charge is 0.398 e. The second-order valence-electron chi connectivity index (χ2n) is 4.62. The predicted octanol–water partition coefficient (Wildman–Crippen LogP) is 2.95. The monoisotopic (exact) mass is 224 g/mol. The smallest absolute Gasteiger partial charge is 0.0635 e. The minimum atomic E-state index is 0.342. The van der Waals surface area contributed by atoms with Crippen molar-refractivity contribution in [2.24, 2.45) is 0 Å². The molecule has 0 atom stereocenters. The summed E-state index contributed by atoms with van der Waals surface area (Å²) in [5, 5.41) is 4.19. The molecule has 0 aromatic heterocycles. The standard InChI is InChI=1S/C12H17ClN2/c1-12(5-2-6-12)15-8-9-3-4-10(13)11(14)7-9/h3-4,7,15H,2,5-6,8,14H2,1H3. The molecule has 82 valence electrons. The van der Waals surface area contributed by atoms with E-state index in [2.05, 4.69) is 12.2 Å². The summed E-state index contributed by atoms with van der Waals surface area (Å²) in [6.07, 6.45) is 3.89. The van der Waals surface area contributed by atoms with E-state index in [0.717, 1.165) is 6.54 Å². The van der Waals surface area contributed by atoms with Crippen LogP contribution in [0.25, 0.3) is 0 Å². The topological polar surface area (TPSA) is 38.0 Å². The fourth-order valence-corrected chi connectivity index (χ4v) is 2.02. The highest BCUT2D eigenvalue weighted by atomic mass is 35.5. The Bertz CT molecular complexity index is 359. The average Bonchev–Trinajstić information content (AvgIpc) is 2.17. The molecule has 1 aromatic rings. The van der Waals surface area contributed by atoms with Gasteiger partial charge in [-0.3, -0.25) is 0 Å². The van der Waals surface area contributed by atoms with Gasteiger partial charge < -0.3 is 11.1 Å². The van der Waals surface area contributed by atoms with E-state index >= 15 is 0 Å². The molecule has 0 radical (unpaired) electrons. The van der Waals surface area contributed by atoms with Crippen LogP contribution in [0, 0.1) is 0 Å². The van der Waals surface area contributed by atoms with E-state index in [1.165, 1.54) is 24.8 Å². The number of anilines is 1. The molecule has 3 N–H and O–H groups in total. The van der Waals surface area contributed by atoms with Crippen LogP contribution in [-0.4, -0.2) is 5.54 Å². The van der Waals surface area contributed by atoms with Gasteiger partial charge in [0.05, 0.1) is 10.7 Å². The zero-order valence-corrected chi connectivity index (χ0v) is 9.77. The molecule has 0 heterocycles. The molecule has 0 bridgehead atoms. The Kier molecular flexibility index (Phi) is 2.89. The van der Waals surface area contributed by atoms with Gasteiger partial charge >= 0.3 is 0 Å². The summed E-state index contributed by atoms with van der Waals surface area (Å²) in [7, 11) is 0. The van der Waals surface area contributed by atoms with Crippen LogP contribution in [0.3, 0.4) is 0 Å². The van der Waals surface area contributed by atoms with Crippen molar-refractivity contribution in [3.8, 4) is 0 Å². The van der Waals surface area contributed by atoms with Gasteiger partial charge in [0.15, 0.2) is 0 Å². The number of halogens is 1. The van der Waals surface area contributed by atoms with Crippen LogP contribution in [-0.2, 0) is 6.54 Å². The lowest BCUT2D eigenvalue weighted by atomic mass is 9.78. The van der Waals surface area contributed by atoms with Gasteiger partial charge in [0, 0.05) is 12.1 Å². The Hall–Kier alpha value is -0.730. The number of nitrogens with two attached hydrogens (primary N) is 1. The van der Waals surface area contributed by atoms with Crippen molar-refractivity contribution < 1.29 is 0 Å². The van der Waals surface area contributed by atoms with E-state index in [-0.39, 0.29) is 0 Å². The number of hydrogen-bond acceptors (Lipinski definition) is 2. The van der Waals surface area contributed by atoms with Crippen molar-refractivity contribution >= 4 is 17.3 Å². The van der Waals surface area contributed by atoms with Crippen LogP contribution in [0.2, 0.25) is 5.02 Å². The van der Waals surface area contributed by atoms with Gasteiger partial charge in [-0.05, 0) is 43.9 Å². The minimum Gasteiger partial charge on any atom is -0.398 e. The number of nitrogens with one attached hydrogen (secondary N) is 1. The summed E-state index contributed by atoms with van der Waals surface area (Å²) in [4.78, 5) is 0. The van der Waals surface area contributed by atoms with Gasteiger partial charge in [-0.15, -0.1) is 0 Å². The van der Waals surface area contributed by atoms with Crippen LogP contribution >= 0.6 is 11.6 Å². The van der Waals surface area contributed by atoms with Crippen molar-refractivity contribution in [2.75, 3.05) is 5.73 Å². The van der Waals surface area contributed by atoms with E-state index in [4.69, 9.17) is 17.3 Å². The molecule has 1 saturated carbocycles. The first-order valence-electron chi connectivity index (χ1n) is 5.38. The molecule has 15 heavy (non-hydrogen) atoms. The molecule has 1 aliphatic rings. The van der Waals surface area contributed by atoms with Crippen LogP contribution in [0.4, 0.5) is 5.69 Å². The molecule has 1 fully saturated rings. The Morgan fingerprint density at radius 2 is 2.20 bits per heavy atom. The molecule has 2 nitrogen and oxygen atoms in total. The lowest BCUT2D eigenvalue weighted by Crippen LogP contribution is -2.47. The zero-order chi connectivity index (χ0) is 10.9. The molecule has 0 saturated heterocycles. The number of benzene rings is 1. The number of hydrogen-bond donors (Lipinski definition) is 2. The van der Waals surface area contributed by atoms with Gasteiger partial charge in [0.25, 0.3) is 0 Å². The van der Waals surface area contributed by atoms with Crippen molar-refractivity contribution in [1.29, 1.82) is 0 Å². The summed E-state index contributed by atoms with van der Waals surface area (Å²) < 4.78 is 0. The van der Waals surface area contributed by atoms with Gasteiger partial charge in [0.1, 0.15) is 0 Å². The molecule has 1 aromatic carbocycles. The summed E-state index contributed by atoms with van der Waals surface area (Å²) in [6, 6.07) is 5.82. The Labute approximate surface area is 95.8 Å². The van der Waals surface area contributed by atoms with Gasteiger partial charge in [-0.25, -0.2) is 0 Å². The predicted molar refractivity (Wildman–Crippen MR) is 65.0 cm³/mol. The molecule has 2 rings (SSSR count). The fourth-order valence-electron chi connectivity index (χ4n) is 1.90. The number of nitrogen functional groups attached to an aromatic ring is 1. The van der Waals surface area contributed by atoms with Crippen molar-refractivity contribution in [3.63, 3.8) is 0 Å². The second kappa shape index (κ2) is 4.03. The molecule has 3 heteroatoms. The summed E-state index contributed by atoms with van der Waals surface area (Å²) >= 11 is 5.86. The molecule has 0 unspecified atom stereocenters. The Balaban J connectivity index is 1.96. The van der Waals surface area contributed by atoms with Gasteiger partial charge in [-0.1, -0.05) is 17.7 Å². The highest BCUT2D eigenvalue weighted by molar-refractivity contribution is 6.33. The van der Waals surface area contributed by atoms with Crippen molar-refractivity contribution in [2.45, 2.75) is 38.3 Å². The van der Waals surface area contributed by atoms with Gasteiger partial charge in [-0.2, -0.15) is 0 Å². The van der Waals surface area contributed by atoms with E-state index in [1.807, 2.05) is 18.2 Å². The molecule has 0 spiro atoms. The third kappa shape index (κ3) is 2.44. The fraction of sp³-hybridized carbons (Fsp3) is 0.500. The Morgan fingerprint density at radius 3 is 2.73 bits per heavy atom. The van der Waals surface area contributed by atoms with Gasteiger partial charge in [0.2, 0.25) is 0 Å². The first kappa shape index (κ1) is 10.8. The van der Waals surface area contributed by atoms with E-state index in [0.29, 0.717) is 16.2 Å². The lowest BCUT2D eigenvalue weighted by molar-refractivity contribution is 0.207. The summed E-state index contributed by atoms with van der Waals surface area (Å²) in [6.45, 7) is 3.15. The van der Waals surface area contributed by atoms with Crippen LogP contribution in [0.5, 0.6) is 0 Å². The van der Waals surface area contributed by atoms with E-state index in [1.54, 1.807) is 0 Å². The molecule has 1 aliphatic carbocycles. The van der Waals surface area contributed by atoms with Crippen molar-refractivity contribution in [3.05, 3.63) is 28.8 Å². The third-order valence-electron chi connectivity index (χ3n) is 3.24. The van der Waals surface area contributed by atoms with Crippen LogP contribution < -0.4 is 11.1 Å². The summed E-state index contributed by atoms with van der Waals surface area (Å²) in [5.74, 6) is 0. The zero-order valence-electron chi connectivity index (χ0n) is 9.02. The number of rotatable bonds is 3. The second-order valence-corrected chi connectivity index (χ2v) is 5.03. The van der Waals surface area contributed by atoms with Crippen LogP contribution in [0.1, 0.15) is 31.7 Å². The summed E-state index contributed by atoms with van der Waals surface area (Å²) in [5.41, 5.74) is 7.95. The molecule has 0 aliphatic heterocycles. The third-order valence-corrected chi connectivity index (χ3v) is 3.58. The first-order chi connectivity index (χ1) is 7.09. The quantitative estimate of drug-likeness (QED) is 0.775. The maximum Gasteiger partial charge on any atom is 0.0635 e. The maximum absolute atomic E-state index is 5.86. The normalized spacial score (nSPS) is 18.5. The van der Waals surface area contributed by atoms with Crippen LogP contribution in [0.15, 0.2) is 18.2 Å². The SMILES string of the molecule is CC1(NCc2ccc(Cl)c(N)c2)CCC1.